The third-order valence-electron chi connectivity index (χ3n) is 3.53. The standard InChI is InChI=1S/C14H18Cl2N2O/c1-17-14(19)11-3-2-6-18(9-11)8-10-4-5-12(15)7-13(10)16/h4-5,7,11H,2-3,6,8-9H2,1H3,(H,17,19)/t11-/m1/s1. The van der Waals surface area contributed by atoms with Crippen LogP contribution in [-0.2, 0) is 11.3 Å². The van der Waals surface area contributed by atoms with Crippen LogP contribution in [0.1, 0.15) is 18.4 Å². The number of halogens is 2. The first-order valence-electron chi connectivity index (χ1n) is 6.48. The average Bonchev–Trinajstić information content (AvgIpc) is 2.41. The van der Waals surface area contributed by atoms with E-state index in [9.17, 15) is 4.79 Å². The van der Waals surface area contributed by atoms with E-state index in [1.54, 1.807) is 13.1 Å². The van der Waals surface area contributed by atoms with E-state index in [0.717, 1.165) is 38.0 Å². The summed E-state index contributed by atoms with van der Waals surface area (Å²) in [6.07, 6.45) is 2.01. The van der Waals surface area contributed by atoms with Crippen LogP contribution in [0.15, 0.2) is 18.2 Å². The topological polar surface area (TPSA) is 32.3 Å². The predicted octanol–water partition coefficient (Wildman–Crippen LogP) is 2.95. The first kappa shape index (κ1) is 14.6. The maximum Gasteiger partial charge on any atom is 0.224 e. The number of carbonyl (C=O) groups excluding carboxylic acids is 1. The third-order valence-corrected chi connectivity index (χ3v) is 4.12. The zero-order valence-corrected chi connectivity index (χ0v) is 12.5. The van der Waals surface area contributed by atoms with E-state index in [0.29, 0.717) is 10.0 Å². The summed E-state index contributed by atoms with van der Waals surface area (Å²) in [7, 11) is 1.69. The van der Waals surface area contributed by atoms with Gasteiger partial charge in [0.25, 0.3) is 0 Å². The summed E-state index contributed by atoms with van der Waals surface area (Å²) in [5, 5.41) is 4.07. The van der Waals surface area contributed by atoms with Crippen LogP contribution < -0.4 is 5.32 Å². The molecule has 0 aliphatic carbocycles. The third kappa shape index (κ3) is 3.85. The van der Waals surface area contributed by atoms with Gasteiger partial charge in [-0.05, 0) is 37.1 Å². The number of hydrogen-bond acceptors (Lipinski definition) is 2. The Labute approximate surface area is 123 Å². The second kappa shape index (κ2) is 6.60. The van der Waals surface area contributed by atoms with Crippen molar-refractivity contribution < 1.29 is 4.79 Å². The molecule has 1 aliphatic heterocycles. The summed E-state index contributed by atoms with van der Waals surface area (Å²) >= 11 is 12.1. The number of nitrogens with zero attached hydrogens (tertiary/aromatic N) is 1. The van der Waals surface area contributed by atoms with Crippen molar-refractivity contribution in [3.05, 3.63) is 33.8 Å². The smallest absolute Gasteiger partial charge is 0.224 e. The predicted molar refractivity (Wildman–Crippen MR) is 78.5 cm³/mol. The van der Waals surface area contributed by atoms with Gasteiger partial charge in [0, 0.05) is 30.2 Å². The largest absolute Gasteiger partial charge is 0.359 e. The summed E-state index contributed by atoms with van der Waals surface area (Å²) in [6, 6.07) is 5.57. The van der Waals surface area contributed by atoms with Gasteiger partial charge in [-0.15, -0.1) is 0 Å². The van der Waals surface area contributed by atoms with Crippen molar-refractivity contribution in [2.75, 3.05) is 20.1 Å². The van der Waals surface area contributed by atoms with Gasteiger partial charge in [-0.1, -0.05) is 29.3 Å². The number of hydrogen-bond donors (Lipinski definition) is 1. The van der Waals surface area contributed by atoms with E-state index in [-0.39, 0.29) is 11.8 Å². The van der Waals surface area contributed by atoms with Crippen molar-refractivity contribution >= 4 is 29.1 Å². The molecule has 1 aliphatic rings. The molecule has 2 rings (SSSR count). The molecule has 5 heteroatoms. The van der Waals surface area contributed by atoms with Gasteiger partial charge in [0.05, 0.1) is 5.92 Å². The number of likely N-dealkylation sites (tertiary alicyclic amines) is 1. The fraction of sp³-hybridized carbons (Fsp3) is 0.500. The zero-order valence-electron chi connectivity index (χ0n) is 11.0. The Morgan fingerprint density at radius 3 is 2.95 bits per heavy atom. The van der Waals surface area contributed by atoms with Crippen LogP contribution in [0.5, 0.6) is 0 Å². The molecule has 0 bridgehead atoms. The Morgan fingerprint density at radius 1 is 1.47 bits per heavy atom. The summed E-state index contributed by atoms with van der Waals surface area (Å²) in [6.45, 7) is 2.56. The van der Waals surface area contributed by atoms with Crippen LogP contribution >= 0.6 is 23.2 Å². The lowest BCUT2D eigenvalue weighted by Crippen LogP contribution is -2.41. The van der Waals surface area contributed by atoms with Gasteiger partial charge in [0.1, 0.15) is 0 Å². The Hall–Kier alpha value is -0.770. The molecule has 0 aromatic heterocycles. The monoisotopic (exact) mass is 300 g/mol. The molecular weight excluding hydrogens is 283 g/mol. The number of rotatable bonds is 3. The van der Waals surface area contributed by atoms with Crippen LogP contribution in [0.4, 0.5) is 0 Å². The van der Waals surface area contributed by atoms with Crippen LogP contribution in [0, 0.1) is 5.92 Å². The van der Waals surface area contributed by atoms with E-state index in [4.69, 9.17) is 23.2 Å². The van der Waals surface area contributed by atoms with Crippen molar-refractivity contribution in [2.45, 2.75) is 19.4 Å². The summed E-state index contributed by atoms with van der Waals surface area (Å²) in [4.78, 5) is 14.0. The molecule has 3 nitrogen and oxygen atoms in total. The zero-order chi connectivity index (χ0) is 13.8. The molecule has 104 valence electrons. The van der Waals surface area contributed by atoms with Crippen molar-refractivity contribution in [1.82, 2.24) is 10.2 Å². The molecule has 1 amide bonds. The molecule has 19 heavy (non-hydrogen) atoms. The Bertz CT molecular complexity index is 465. The Balaban J connectivity index is 2.00. The maximum atomic E-state index is 11.7. The van der Waals surface area contributed by atoms with Crippen molar-refractivity contribution in [1.29, 1.82) is 0 Å². The maximum absolute atomic E-state index is 11.7. The highest BCUT2D eigenvalue weighted by molar-refractivity contribution is 6.35. The van der Waals surface area contributed by atoms with E-state index < -0.39 is 0 Å². The van der Waals surface area contributed by atoms with Crippen LogP contribution in [-0.4, -0.2) is 30.9 Å². The number of benzene rings is 1. The molecule has 0 radical (unpaired) electrons. The summed E-state index contributed by atoms with van der Waals surface area (Å²) in [5.74, 6) is 0.219. The van der Waals surface area contributed by atoms with Gasteiger partial charge in [0.2, 0.25) is 5.91 Å². The van der Waals surface area contributed by atoms with Gasteiger partial charge >= 0.3 is 0 Å². The molecule has 1 fully saturated rings. The van der Waals surface area contributed by atoms with Crippen LogP contribution in [0.25, 0.3) is 0 Å². The number of piperidine rings is 1. The van der Waals surface area contributed by atoms with Gasteiger partial charge in [0.15, 0.2) is 0 Å². The lowest BCUT2D eigenvalue weighted by Gasteiger charge is -2.31. The Morgan fingerprint density at radius 2 is 2.26 bits per heavy atom. The molecule has 0 unspecified atom stereocenters. The van der Waals surface area contributed by atoms with E-state index in [1.807, 2.05) is 12.1 Å². The second-order valence-corrected chi connectivity index (χ2v) is 5.77. The highest BCUT2D eigenvalue weighted by Gasteiger charge is 2.25. The lowest BCUT2D eigenvalue weighted by atomic mass is 9.97. The fourth-order valence-corrected chi connectivity index (χ4v) is 2.98. The lowest BCUT2D eigenvalue weighted by molar-refractivity contribution is -0.126. The number of nitrogens with one attached hydrogen (secondary N) is 1. The summed E-state index contributed by atoms with van der Waals surface area (Å²) in [5.41, 5.74) is 1.06. The molecule has 1 aromatic rings. The van der Waals surface area contributed by atoms with Crippen LogP contribution in [0.2, 0.25) is 10.0 Å². The molecule has 1 atom stereocenters. The quantitative estimate of drug-likeness (QED) is 0.931. The molecule has 1 saturated heterocycles. The number of amides is 1. The SMILES string of the molecule is CNC(=O)[C@@H]1CCCN(Cc2ccc(Cl)cc2Cl)C1. The van der Waals surface area contributed by atoms with Gasteiger partial charge in [-0.3, -0.25) is 9.69 Å². The van der Waals surface area contributed by atoms with E-state index in [2.05, 4.69) is 10.2 Å². The second-order valence-electron chi connectivity index (χ2n) is 4.92. The minimum absolute atomic E-state index is 0.0878. The molecule has 1 heterocycles. The molecule has 1 N–H and O–H groups in total. The van der Waals surface area contributed by atoms with Gasteiger partial charge < -0.3 is 5.32 Å². The first-order chi connectivity index (χ1) is 9.10. The highest BCUT2D eigenvalue weighted by Crippen LogP contribution is 2.24. The van der Waals surface area contributed by atoms with Crippen molar-refractivity contribution in [3.63, 3.8) is 0 Å². The molecular formula is C14H18Cl2N2O. The minimum atomic E-state index is 0.0878. The molecule has 0 spiro atoms. The van der Waals surface area contributed by atoms with Gasteiger partial charge in [-0.25, -0.2) is 0 Å². The van der Waals surface area contributed by atoms with E-state index >= 15 is 0 Å². The highest BCUT2D eigenvalue weighted by atomic mass is 35.5. The normalized spacial score (nSPS) is 20.3. The van der Waals surface area contributed by atoms with Crippen molar-refractivity contribution in [2.24, 2.45) is 5.92 Å². The van der Waals surface area contributed by atoms with Crippen LogP contribution in [0.3, 0.4) is 0 Å². The average molecular weight is 301 g/mol. The Kier molecular flexibility index (Phi) is 5.08. The summed E-state index contributed by atoms with van der Waals surface area (Å²) < 4.78 is 0. The molecule has 1 aromatic carbocycles. The van der Waals surface area contributed by atoms with Gasteiger partial charge in [-0.2, -0.15) is 0 Å². The molecule has 0 saturated carbocycles. The van der Waals surface area contributed by atoms with Crippen molar-refractivity contribution in [3.8, 4) is 0 Å². The fourth-order valence-electron chi connectivity index (χ4n) is 2.51. The minimum Gasteiger partial charge on any atom is -0.359 e. The van der Waals surface area contributed by atoms with E-state index in [1.165, 1.54) is 0 Å². The number of carbonyl (C=O) groups is 1. The first-order valence-corrected chi connectivity index (χ1v) is 7.23.